The number of pyridine rings is 3. The van der Waals surface area contributed by atoms with Gasteiger partial charge in [0.05, 0.1) is 5.69 Å². The highest BCUT2D eigenvalue weighted by Crippen LogP contribution is 2.51. The summed E-state index contributed by atoms with van der Waals surface area (Å²) in [6.07, 6.45) is 7.09. The van der Waals surface area contributed by atoms with E-state index in [1.807, 2.05) is 54.7 Å². The van der Waals surface area contributed by atoms with Gasteiger partial charge in [-0.3, -0.25) is 9.97 Å². The lowest BCUT2D eigenvalue weighted by Gasteiger charge is -2.33. The second-order valence-corrected chi connectivity index (χ2v) is 7.44. The highest BCUT2D eigenvalue weighted by Gasteiger charge is 2.48. The van der Waals surface area contributed by atoms with Crippen LogP contribution in [0.3, 0.4) is 0 Å². The molecule has 2 aliphatic rings. The third-order valence-electron chi connectivity index (χ3n) is 5.58. The van der Waals surface area contributed by atoms with E-state index in [2.05, 4.69) is 16.0 Å². The second-order valence-electron chi connectivity index (χ2n) is 7.44. The van der Waals surface area contributed by atoms with Crippen LogP contribution in [0, 0.1) is 0 Å². The molecule has 0 radical (unpaired) electrons. The minimum atomic E-state index is -0.885. The zero-order chi connectivity index (χ0) is 20.8. The first-order valence-corrected chi connectivity index (χ1v) is 9.86. The fourth-order valence-corrected chi connectivity index (χ4v) is 4.09. The van der Waals surface area contributed by atoms with Crippen LogP contribution in [0.2, 0.25) is 0 Å². The van der Waals surface area contributed by atoms with E-state index in [-0.39, 0.29) is 12.6 Å². The van der Waals surface area contributed by atoms with E-state index in [9.17, 15) is 0 Å². The Kier molecular flexibility index (Phi) is 3.76. The number of aliphatic imine (C=N–C) groups is 1. The Morgan fingerprint density at radius 2 is 1.61 bits per heavy atom. The topological polar surface area (TPSA) is 95.5 Å². The van der Waals surface area contributed by atoms with Gasteiger partial charge in [0.2, 0.25) is 0 Å². The van der Waals surface area contributed by atoms with Crippen molar-refractivity contribution >= 4 is 6.02 Å². The molecule has 31 heavy (non-hydrogen) atoms. The molecule has 7 heteroatoms. The molecule has 150 valence electrons. The molecule has 0 amide bonds. The number of hydrogen-bond acceptors (Lipinski definition) is 7. The quantitative estimate of drug-likeness (QED) is 0.541. The van der Waals surface area contributed by atoms with Crippen molar-refractivity contribution in [2.24, 2.45) is 10.7 Å². The van der Waals surface area contributed by atoms with Crippen molar-refractivity contribution < 1.29 is 9.47 Å². The van der Waals surface area contributed by atoms with E-state index < -0.39 is 5.54 Å². The molecule has 1 spiro atoms. The Bertz CT molecular complexity index is 1230. The number of nitrogens with zero attached hydrogens (tertiary/aromatic N) is 4. The third-order valence-corrected chi connectivity index (χ3v) is 5.58. The van der Waals surface area contributed by atoms with E-state index >= 15 is 0 Å². The van der Waals surface area contributed by atoms with Gasteiger partial charge in [0.1, 0.15) is 18.1 Å². The second kappa shape index (κ2) is 6.63. The molecule has 7 nitrogen and oxygen atoms in total. The highest BCUT2D eigenvalue weighted by molar-refractivity contribution is 5.77. The zero-order valence-electron chi connectivity index (χ0n) is 16.4. The monoisotopic (exact) mass is 407 g/mol. The van der Waals surface area contributed by atoms with Gasteiger partial charge < -0.3 is 15.2 Å². The molecule has 2 N–H and O–H groups in total. The molecule has 1 atom stereocenters. The molecule has 2 aliphatic heterocycles. The molecule has 0 unspecified atom stereocenters. The lowest BCUT2D eigenvalue weighted by molar-refractivity contribution is 0.260. The van der Waals surface area contributed by atoms with Crippen molar-refractivity contribution in [3.05, 3.63) is 90.6 Å². The summed E-state index contributed by atoms with van der Waals surface area (Å²) in [4.78, 5) is 18.1. The highest BCUT2D eigenvalue weighted by atomic mass is 16.5. The summed E-state index contributed by atoms with van der Waals surface area (Å²) in [5.41, 5.74) is 10.3. The summed E-state index contributed by atoms with van der Waals surface area (Å²) in [6.45, 7) is 0.252. The molecule has 0 fully saturated rings. The first kappa shape index (κ1) is 17.6. The SMILES string of the molecule is NC1=N[C@@]2(CO1)c1cc(-c3cccnc3)ccc1Oc1ccc(-c3cccnc3)nc12. The van der Waals surface area contributed by atoms with Crippen LogP contribution in [0.25, 0.3) is 22.4 Å². The predicted octanol–water partition coefficient (Wildman–Crippen LogP) is 3.90. The van der Waals surface area contributed by atoms with Crippen LogP contribution in [0.1, 0.15) is 11.3 Å². The summed E-state index contributed by atoms with van der Waals surface area (Å²) < 4.78 is 11.9. The van der Waals surface area contributed by atoms with Crippen LogP contribution in [0.15, 0.2) is 84.4 Å². The molecule has 3 aromatic heterocycles. The van der Waals surface area contributed by atoms with Gasteiger partial charge in [0.15, 0.2) is 11.3 Å². The lowest BCUT2D eigenvalue weighted by Crippen LogP contribution is -2.32. The predicted molar refractivity (Wildman–Crippen MR) is 116 cm³/mol. The maximum atomic E-state index is 6.22. The number of aromatic nitrogens is 3. The molecule has 4 aromatic rings. The molecular weight excluding hydrogens is 390 g/mol. The van der Waals surface area contributed by atoms with E-state index in [1.165, 1.54) is 0 Å². The largest absolute Gasteiger partial charge is 0.462 e. The average molecular weight is 407 g/mol. The van der Waals surface area contributed by atoms with Crippen LogP contribution >= 0.6 is 0 Å². The Balaban J connectivity index is 1.56. The Hall–Kier alpha value is -4.26. The van der Waals surface area contributed by atoms with Gasteiger partial charge >= 0.3 is 0 Å². The summed E-state index contributed by atoms with van der Waals surface area (Å²) in [5.74, 6) is 1.34. The molecule has 0 saturated heterocycles. The van der Waals surface area contributed by atoms with Gasteiger partial charge in [-0.05, 0) is 48.0 Å². The minimum Gasteiger partial charge on any atom is -0.462 e. The van der Waals surface area contributed by atoms with Crippen LogP contribution in [0.5, 0.6) is 11.5 Å². The number of nitrogens with two attached hydrogens (primary N) is 1. The normalized spacial score (nSPS) is 18.5. The van der Waals surface area contributed by atoms with Gasteiger partial charge in [0, 0.05) is 41.5 Å². The van der Waals surface area contributed by atoms with Gasteiger partial charge in [-0.1, -0.05) is 12.1 Å². The van der Waals surface area contributed by atoms with E-state index in [4.69, 9.17) is 25.2 Å². The maximum Gasteiger partial charge on any atom is 0.283 e. The van der Waals surface area contributed by atoms with Crippen LogP contribution < -0.4 is 10.5 Å². The molecular formula is C24H17N5O2. The smallest absolute Gasteiger partial charge is 0.283 e. The Morgan fingerprint density at radius 1 is 0.839 bits per heavy atom. The third kappa shape index (κ3) is 2.74. The first-order chi connectivity index (χ1) is 15.2. The Labute approximate surface area is 178 Å². The number of amidine groups is 1. The molecule has 1 aromatic carbocycles. The van der Waals surface area contributed by atoms with E-state index in [0.29, 0.717) is 17.2 Å². The zero-order valence-corrected chi connectivity index (χ0v) is 16.4. The number of ether oxygens (including phenoxy) is 2. The average Bonchev–Trinajstić information content (AvgIpc) is 3.22. The van der Waals surface area contributed by atoms with E-state index in [0.717, 1.165) is 27.9 Å². The fourth-order valence-electron chi connectivity index (χ4n) is 4.09. The van der Waals surface area contributed by atoms with Crippen LogP contribution in [0.4, 0.5) is 0 Å². The van der Waals surface area contributed by atoms with Crippen molar-refractivity contribution in [3.63, 3.8) is 0 Å². The van der Waals surface area contributed by atoms with Crippen molar-refractivity contribution in [1.82, 2.24) is 15.0 Å². The molecule has 0 saturated carbocycles. The van der Waals surface area contributed by atoms with E-state index in [1.54, 1.807) is 18.6 Å². The van der Waals surface area contributed by atoms with Crippen LogP contribution in [-0.2, 0) is 10.3 Å². The lowest BCUT2D eigenvalue weighted by atomic mass is 9.83. The van der Waals surface area contributed by atoms with Gasteiger partial charge in [-0.2, -0.15) is 0 Å². The van der Waals surface area contributed by atoms with Crippen molar-refractivity contribution in [2.45, 2.75) is 5.54 Å². The van der Waals surface area contributed by atoms with Crippen molar-refractivity contribution in [2.75, 3.05) is 6.61 Å². The van der Waals surface area contributed by atoms with Gasteiger partial charge in [-0.25, -0.2) is 9.98 Å². The summed E-state index contributed by atoms with van der Waals surface area (Å²) in [7, 11) is 0. The Morgan fingerprint density at radius 3 is 2.32 bits per heavy atom. The summed E-state index contributed by atoms with van der Waals surface area (Å²) >= 11 is 0. The maximum absolute atomic E-state index is 6.22. The van der Waals surface area contributed by atoms with Crippen molar-refractivity contribution in [1.29, 1.82) is 0 Å². The first-order valence-electron chi connectivity index (χ1n) is 9.86. The number of benzene rings is 1. The molecule has 0 bridgehead atoms. The minimum absolute atomic E-state index is 0.138. The molecule has 5 heterocycles. The van der Waals surface area contributed by atoms with Gasteiger partial charge in [-0.15, -0.1) is 0 Å². The molecule has 6 rings (SSSR count). The number of rotatable bonds is 2. The van der Waals surface area contributed by atoms with Crippen molar-refractivity contribution in [3.8, 4) is 33.9 Å². The summed E-state index contributed by atoms with van der Waals surface area (Å²) in [5, 5.41) is 0. The standard InChI is InChI=1S/C24H17N5O2/c25-23-29-24(14-30-23)18-11-15(16-3-1-9-26-12-16)5-7-20(18)31-21-8-6-19(28-22(21)24)17-4-2-10-27-13-17/h1-13H,14H2,(H2,25,29)/t24-/m0/s1. The number of fused-ring (bicyclic) bond motifs is 4. The number of hydrogen-bond donors (Lipinski definition) is 1. The fraction of sp³-hybridized carbons (Fsp3) is 0.0833. The molecule has 0 aliphatic carbocycles. The van der Waals surface area contributed by atoms with Gasteiger partial charge in [0.25, 0.3) is 6.02 Å². The summed E-state index contributed by atoms with van der Waals surface area (Å²) in [6, 6.07) is 17.8. The van der Waals surface area contributed by atoms with Crippen LogP contribution in [-0.4, -0.2) is 27.6 Å².